The number of aliphatic carboxylic acids is 1. The van der Waals surface area contributed by atoms with Crippen molar-refractivity contribution in [2.24, 2.45) is 0 Å². The average molecular weight is 506 g/mol. The lowest BCUT2D eigenvalue weighted by molar-refractivity contribution is -0.152. The number of carboxylic acids is 1. The van der Waals surface area contributed by atoms with E-state index in [0.717, 1.165) is 16.7 Å². The molecular weight excluding hydrogens is 474 g/mol. The topological polar surface area (TPSA) is 133 Å². The number of phenolic OH excluding ortho intramolecular Hbond substituents is 2. The fourth-order valence-electron chi connectivity index (χ4n) is 4.18. The number of ether oxygens (including phenoxy) is 1. The minimum absolute atomic E-state index is 0.0245. The van der Waals surface area contributed by atoms with Gasteiger partial charge in [-0.05, 0) is 53.8 Å². The van der Waals surface area contributed by atoms with Crippen LogP contribution in [0.1, 0.15) is 49.3 Å². The molecule has 0 radical (unpaired) electrons. The first kappa shape index (κ1) is 27.3. The van der Waals surface area contributed by atoms with Gasteiger partial charge in [0, 0.05) is 11.8 Å². The van der Waals surface area contributed by atoms with Gasteiger partial charge in [-0.25, -0.2) is 4.79 Å². The molecule has 0 aromatic heterocycles. The molecule has 0 bridgehead atoms. The van der Waals surface area contributed by atoms with Gasteiger partial charge in [-0.1, -0.05) is 61.5 Å². The van der Waals surface area contributed by atoms with Crippen molar-refractivity contribution in [3.05, 3.63) is 95.6 Å². The molecule has 0 aliphatic carbocycles. The Balaban J connectivity index is 1.64. The van der Waals surface area contributed by atoms with Crippen molar-refractivity contribution in [2.75, 3.05) is 0 Å². The monoisotopic (exact) mass is 505 g/mol. The number of carbonyl (C=O) groups excluding carboxylic acids is 2. The van der Waals surface area contributed by atoms with Crippen LogP contribution < -0.4 is 5.32 Å². The fourth-order valence-corrected chi connectivity index (χ4v) is 4.18. The fraction of sp³-hybridized carbons (Fsp3) is 0.276. The SMILES string of the molecule is CC(CCCC(=O)N[C@@H](CC(=O)O)C(=O)OCc1ccccc1)(c1ccc(O)cc1)c1ccc(O)cc1. The molecular formula is C29H31NO7. The van der Waals surface area contributed by atoms with Crippen LogP contribution in [0.5, 0.6) is 11.5 Å². The number of hydrogen-bond acceptors (Lipinski definition) is 6. The highest BCUT2D eigenvalue weighted by molar-refractivity contribution is 5.87. The summed E-state index contributed by atoms with van der Waals surface area (Å²) in [7, 11) is 0. The number of esters is 1. The smallest absolute Gasteiger partial charge is 0.329 e. The summed E-state index contributed by atoms with van der Waals surface area (Å²) in [5.41, 5.74) is 2.06. The molecule has 0 aliphatic rings. The number of hydrogen-bond donors (Lipinski definition) is 4. The van der Waals surface area contributed by atoms with E-state index in [2.05, 4.69) is 5.32 Å². The number of benzene rings is 3. The molecule has 0 spiro atoms. The lowest BCUT2D eigenvalue weighted by atomic mass is 9.72. The molecule has 0 aliphatic heterocycles. The maximum atomic E-state index is 12.7. The summed E-state index contributed by atoms with van der Waals surface area (Å²) in [6.07, 6.45) is 0.451. The average Bonchev–Trinajstić information content (AvgIpc) is 2.88. The number of nitrogens with one attached hydrogen (secondary N) is 1. The molecule has 0 heterocycles. The Morgan fingerprint density at radius 2 is 1.41 bits per heavy atom. The standard InChI is InChI=1S/C29H31NO7/c1-29(21-9-13-23(31)14-10-21,22-11-15-24(32)16-12-22)17-5-8-26(33)30-25(18-27(34)35)28(36)37-19-20-6-3-2-4-7-20/h2-4,6-7,9-16,25,31-32H,5,8,17-19H2,1H3,(H,30,33)(H,34,35)/t25-/m0/s1. The minimum Gasteiger partial charge on any atom is -0.508 e. The zero-order chi connectivity index (χ0) is 26.8. The lowest BCUT2D eigenvalue weighted by Gasteiger charge is -2.31. The van der Waals surface area contributed by atoms with E-state index in [1.165, 1.54) is 0 Å². The van der Waals surface area contributed by atoms with E-state index in [4.69, 9.17) is 4.74 Å². The Morgan fingerprint density at radius 3 is 1.92 bits per heavy atom. The molecule has 194 valence electrons. The third-order valence-electron chi connectivity index (χ3n) is 6.31. The first-order valence-electron chi connectivity index (χ1n) is 12.0. The zero-order valence-corrected chi connectivity index (χ0v) is 20.6. The predicted molar refractivity (Wildman–Crippen MR) is 137 cm³/mol. The quantitative estimate of drug-likeness (QED) is 0.270. The maximum absolute atomic E-state index is 12.7. The van der Waals surface area contributed by atoms with Gasteiger partial charge in [0.2, 0.25) is 5.91 Å². The summed E-state index contributed by atoms with van der Waals surface area (Å²) in [5, 5.41) is 31.1. The van der Waals surface area contributed by atoms with Crippen LogP contribution in [0.2, 0.25) is 0 Å². The van der Waals surface area contributed by atoms with Crippen molar-refractivity contribution in [1.29, 1.82) is 0 Å². The summed E-state index contributed by atoms with van der Waals surface area (Å²) < 4.78 is 5.23. The normalized spacial score (nSPS) is 11.9. The molecule has 37 heavy (non-hydrogen) atoms. The van der Waals surface area contributed by atoms with Crippen molar-refractivity contribution in [2.45, 2.75) is 50.7 Å². The van der Waals surface area contributed by atoms with Crippen molar-refractivity contribution in [3.8, 4) is 11.5 Å². The summed E-state index contributed by atoms with van der Waals surface area (Å²) in [6.45, 7) is 1.99. The molecule has 3 rings (SSSR count). The van der Waals surface area contributed by atoms with E-state index < -0.39 is 35.7 Å². The Hall–Kier alpha value is -4.33. The van der Waals surface area contributed by atoms with Gasteiger partial charge in [0.15, 0.2) is 0 Å². The van der Waals surface area contributed by atoms with E-state index in [-0.39, 0.29) is 24.5 Å². The highest BCUT2D eigenvalue weighted by Gasteiger charge is 2.30. The number of phenols is 2. The minimum atomic E-state index is -1.30. The molecule has 8 heteroatoms. The number of amides is 1. The second-order valence-electron chi connectivity index (χ2n) is 9.09. The molecule has 0 saturated heterocycles. The lowest BCUT2D eigenvalue weighted by Crippen LogP contribution is -2.43. The van der Waals surface area contributed by atoms with Crippen LogP contribution in [0.3, 0.4) is 0 Å². The number of aromatic hydroxyl groups is 2. The van der Waals surface area contributed by atoms with E-state index in [1.807, 2.05) is 37.3 Å². The van der Waals surface area contributed by atoms with Crippen LogP contribution in [0.15, 0.2) is 78.9 Å². The van der Waals surface area contributed by atoms with Crippen LogP contribution >= 0.6 is 0 Å². The van der Waals surface area contributed by atoms with Gasteiger partial charge in [-0.2, -0.15) is 0 Å². The zero-order valence-electron chi connectivity index (χ0n) is 20.6. The Bertz CT molecular complexity index is 1150. The summed E-state index contributed by atoms with van der Waals surface area (Å²) >= 11 is 0. The largest absolute Gasteiger partial charge is 0.508 e. The van der Waals surface area contributed by atoms with E-state index in [0.29, 0.717) is 12.8 Å². The molecule has 0 saturated carbocycles. The van der Waals surface area contributed by atoms with Crippen LogP contribution in [0.25, 0.3) is 0 Å². The van der Waals surface area contributed by atoms with Crippen molar-refractivity contribution in [1.82, 2.24) is 5.32 Å². The Morgan fingerprint density at radius 1 is 0.865 bits per heavy atom. The van der Waals surface area contributed by atoms with E-state index in [9.17, 15) is 29.7 Å². The Labute approximate surface area is 215 Å². The van der Waals surface area contributed by atoms with Crippen molar-refractivity contribution >= 4 is 17.8 Å². The summed E-state index contributed by atoms with van der Waals surface area (Å²) in [4.78, 5) is 36.5. The molecule has 3 aromatic carbocycles. The number of carboxylic acid groups (broad SMARTS) is 1. The highest BCUT2D eigenvalue weighted by atomic mass is 16.5. The third kappa shape index (κ3) is 7.83. The molecule has 4 N–H and O–H groups in total. The van der Waals surface area contributed by atoms with E-state index in [1.54, 1.807) is 48.5 Å². The molecule has 3 aromatic rings. The molecule has 0 fully saturated rings. The van der Waals surface area contributed by atoms with Crippen LogP contribution in [0, 0.1) is 0 Å². The molecule has 1 atom stereocenters. The van der Waals surface area contributed by atoms with E-state index >= 15 is 0 Å². The first-order chi connectivity index (χ1) is 17.7. The van der Waals surface area contributed by atoms with Crippen molar-refractivity contribution in [3.63, 3.8) is 0 Å². The van der Waals surface area contributed by atoms with Gasteiger partial charge in [0.1, 0.15) is 24.1 Å². The first-order valence-corrected chi connectivity index (χ1v) is 12.0. The predicted octanol–water partition coefficient (Wildman–Crippen LogP) is 4.28. The Kier molecular flexibility index (Phi) is 9.27. The van der Waals surface area contributed by atoms with Gasteiger partial charge in [-0.15, -0.1) is 0 Å². The number of carbonyl (C=O) groups is 3. The number of rotatable bonds is 12. The second-order valence-corrected chi connectivity index (χ2v) is 9.09. The van der Waals surface area contributed by atoms with Gasteiger partial charge in [-0.3, -0.25) is 9.59 Å². The van der Waals surface area contributed by atoms with Gasteiger partial charge in [0.05, 0.1) is 6.42 Å². The maximum Gasteiger partial charge on any atom is 0.329 e. The molecule has 0 unspecified atom stereocenters. The third-order valence-corrected chi connectivity index (χ3v) is 6.31. The molecule has 1 amide bonds. The van der Waals surface area contributed by atoms with Gasteiger partial charge < -0.3 is 25.4 Å². The van der Waals surface area contributed by atoms with Gasteiger partial charge in [0.25, 0.3) is 0 Å². The van der Waals surface area contributed by atoms with Crippen LogP contribution in [-0.4, -0.2) is 39.2 Å². The molecule has 8 nitrogen and oxygen atoms in total. The van der Waals surface area contributed by atoms with Crippen LogP contribution in [0.4, 0.5) is 0 Å². The summed E-state index contributed by atoms with van der Waals surface area (Å²) in [5.74, 6) is -2.21. The van der Waals surface area contributed by atoms with Gasteiger partial charge >= 0.3 is 11.9 Å². The highest BCUT2D eigenvalue weighted by Crippen LogP contribution is 2.38. The van der Waals surface area contributed by atoms with Crippen molar-refractivity contribution < 1.29 is 34.4 Å². The summed E-state index contributed by atoms with van der Waals surface area (Å²) in [6, 6.07) is 21.3. The second kappa shape index (κ2) is 12.6. The van der Waals surface area contributed by atoms with Crippen LogP contribution in [-0.2, 0) is 31.1 Å².